The van der Waals surface area contributed by atoms with Crippen LogP contribution in [0, 0.1) is 0 Å². The first-order valence-electron chi connectivity index (χ1n) is 7.86. The van der Waals surface area contributed by atoms with Gasteiger partial charge in [0.15, 0.2) is 6.10 Å². The molecule has 3 rings (SSSR count). The summed E-state index contributed by atoms with van der Waals surface area (Å²) in [6.45, 7) is 4.13. The summed E-state index contributed by atoms with van der Waals surface area (Å²) in [7, 11) is 0. The van der Waals surface area contributed by atoms with Gasteiger partial charge in [-0.15, -0.1) is 0 Å². The van der Waals surface area contributed by atoms with E-state index in [1.54, 1.807) is 0 Å². The van der Waals surface area contributed by atoms with Gasteiger partial charge in [0, 0.05) is 28.0 Å². The van der Waals surface area contributed by atoms with Crippen LogP contribution in [0.4, 0.5) is 8.78 Å². The maximum absolute atomic E-state index is 13.5. The van der Waals surface area contributed by atoms with Gasteiger partial charge in [-0.3, -0.25) is 4.79 Å². The predicted molar refractivity (Wildman–Crippen MR) is 88.5 cm³/mol. The van der Waals surface area contributed by atoms with Crippen LogP contribution in [0.5, 0.6) is 0 Å². The molecule has 0 radical (unpaired) electrons. The quantitative estimate of drug-likeness (QED) is 0.870. The molecular formula is C17H19ClF2N2O2. The molecule has 1 aliphatic rings. The Balaban J connectivity index is 1.73. The molecule has 1 fully saturated rings. The molecule has 2 heterocycles. The van der Waals surface area contributed by atoms with Crippen LogP contribution in [0.3, 0.4) is 0 Å². The third kappa shape index (κ3) is 3.26. The Morgan fingerprint density at radius 1 is 1.46 bits per heavy atom. The number of alkyl halides is 2. The molecule has 0 spiro atoms. The van der Waals surface area contributed by atoms with Crippen LogP contribution >= 0.6 is 11.6 Å². The molecular weight excluding hydrogens is 338 g/mol. The first-order chi connectivity index (χ1) is 11.3. The number of rotatable bonds is 4. The van der Waals surface area contributed by atoms with Gasteiger partial charge in [-0.2, -0.15) is 0 Å². The average Bonchev–Trinajstić information content (AvgIpc) is 3.05. The maximum Gasteiger partial charge on any atom is 0.284 e. The number of hydrogen-bond acceptors (Lipinski definition) is 2. The predicted octanol–water partition coefficient (Wildman–Crippen LogP) is 3.99. The number of carbonyl (C=O) groups is 1. The van der Waals surface area contributed by atoms with Crippen molar-refractivity contribution in [3.05, 3.63) is 34.5 Å². The number of nitrogens with one attached hydrogen (secondary N) is 2. The second-order valence-corrected chi connectivity index (χ2v) is 6.80. The Hall–Kier alpha value is -1.66. The molecule has 1 aliphatic heterocycles. The van der Waals surface area contributed by atoms with Gasteiger partial charge in [0.2, 0.25) is 0 Å². The SMILES string of the molecule is CC(C)c1cc2[nH]c(CNC(=O)C3OCCC3(F)F)cc2cc1Cl. The molecule has 0 aliphatic carbocycles. The van der Waals surface area contributed by atoms with Crippen molar-refractivity contribution in [1.29, 1.82) is 0 Å². The Bertz CT molecular complexity index is 773. The van der Waals surface area contributed by atoms with Crippen LogP contribution in [0.25, 0.3) is 10.9 Å². The number of carbonyl (C=O) groups excluding carboxylic acids is 1. The van der Waals surface area contributed by atoms with Gasteiger partial charge in [-0.25, -0.2) is 8.78 Å². The Morgan fingerprint density at radius 3 is 2.83 bits per heavy atom. The monoisotopic (exact) mass is 356 g/mol. The molecule has 24 heavy (non-hydrogen) atoms. The summed E-state index contributed by atoms with van der Waals surface area (Å²) >= 11 is 6.27. The molecule has 4 nitrogen and oxygen atoms in total. The van der Waals surface area contributed by atoms with E-state index in [1.807, 2.05) is 18.2 Å². The smallest absolute Gasteiger partial charge is 0.284 e. The Labute approximate surface area is 143 Å². The number of fused-ring (bicyclic) bond motifs is 1. The molecule has 0 saturated carbocycles. The van der Waals surface area contributed by atoms with Crippen LogP contribution in [-0.4, -0.2) is 29.5 Å². The number of aromatic nitrogens is 1. The zero-order chi connectivity index (χ0) is 17.5. The molecule has 1 aromatic carbocycles. The number of halogens is 3. The van der Waals surface area contributed by atoms with E-state index >= 15 is 0 Å². The zero-order valence-corrected chi connectivity index (χ0v) is 14.2. The largest absolute Gasteiger partial charge is 0.362 e. The molecule has 1 unspecified atom stereocenters. The van der Waals surface area contributed by atoms with E-state index in [4.69, 9.17) is 16.3 Å². The number of amides is 1. The van der Waals surface area contributed by atoms with E-state index in [1.165, 1.54) is 0 Å². The molecule has 2 aromatic rings. The number of H-pyrrole nitrogens is 1. The lowest BCUT2D eigenvalue weighted by Gasteiger charge is -2.16. The fourth-order valence-corrected chi connectivity index (χ4v) is 3.27. The van der Waals surface area contributed by atoms with Crippen LogP contribution in [0.1, 0.15) is 37.4 Å². The first kappa shape index (κ1) is 17.2. The summed E-state index contributed by atoms with van der Waals surface area (Å²) in [4.78, 5) is 15.1. The Morgan fingerprint density at radius 2 is 2.21 bits per heavy atom. The molecule has 130 valence electrons. The van der Waals surface area contributed by atoms with E-state index in [0.29, 0.717) is 5.02 Å². The summed E-state index contributed by atoms with van der Waals surface area (Å²) in [6, 6.07) is 5.68. The molecule has 1 amide bonds. The van der Waals surface area contributed by atoms with E-state index in [2.05, 4.69) is 24.1 Å². The summed E-state index contributed by atoms with van der Waals surface area (Å²) < 4.78 is 31.9. The van der Waals surface area contributed by atoms with Crippen molar-refractivity contribution in [2.45, 2.75) is 44.8 Å². The van der Waals surface area contributed by atoms with Crippen molar-refractivity contribution in [2.24, 2.45) is 0 Å². The molecule has 1 aromatic heterocycles. The van der Waals surface area contributed by atoms with Crippen LogP contribution in [0.15, 0.2) is 18.2 Å². The zero-order valence-electron chi connectivity index (χ0n) is 13.5. The summed E-state index contributed by atoms with van der Waals surface area (Å²) in [6.07, 6.45) is -2.13. The normalized spacial score (nSPS) is 20.0. The molecule has 2 N–H and O–H groups in total. The number of benzene rings is 1. The highest BCUT2D eigenvalue weighted by atomic mass is 35.5. The maximum atomic E-state index is 13.5. The minimum Gasteiger partial charge on any atom is -0.362 e. The Kier molecular flexibility index (Phi) is 4.53. The topological polar surface area (TPSA) is 54.1 Å². The van der Waals surface area contributed by atoms with Gasteiger partial charge >= 0.3 is 0 Å². The van der Waals surface area contributed by atoms with E-state index < -0.39 is 24.4 Å². The molecule has 0 bridgehead atoms. The highest BCUT2D eigenvalue weighted by Gasteiger charge is 2.49. The van der Waals surface area contributed by atoms with Gasteiger partial charge in [-0.1, -0.05) is 25.4 Å². The lowest BCUT2D eigenvalue weighted by Crippen LogP contribution is -2.43. The highest BCUT2D eigenvalue weighted by molar-refractivity contribution is 6.32. The lowest BCUT2D eigenvalue weighted by atomic mass is 10.0. The minimum atomic E-state index is -3.11. The van der Waals surface area contributed by atoms with E-state index in [0.717, 1.165) is 22.2 Å². The summed E-state index contributed by atoms with van der Waals surface area (Å²) in [5.41, 5.74) is 2.65. The standard InChI is InChI=1S/C17H19ClF2N2O2/c1-9(2)12-7-14-10(6-13(12)18)5-11(22-14)8-21-16(23)15-17(19,20)3-4-24-15/h5-7,9,15,22H,3-4,8H2,1-2H3,(H,21,23). The molecule has 1 atom stereocenters. The third-order valence-corrected chi connectivity index (χ3v) is 4.54. The van der Waals surface area contributed by atoms with Crippen LogP contribution in [0.2, 0.25) is 5.02 Å². The van der Waals surface area contributed by atoms with Gasteiger partial charge < -0.3 is 15.0 Å². The van der Waals surface area contributed by atoms with Crippen molar-refractivity contribution in [1.82, 2.24) is 10.3 Å². The number of aromatic amines is 1. The number of ether oxygens (including phenoxy) is 1. The number of hydrogen-bond donors (Lipinski definition) is 2. The molecule has 1 saturated heterocycles. The van der Waals surface area contributed by atoms with E-state index in [-0.39, 0.29) is 19.1 Å². The van der Waals surface area contributed by atoms with Crippen molar-refractivity contribution < 1.29 is 18.3 Å². The second-order valence-electron chi connectivity index (χ2n) is 6.39. The first-order valence-corrected chi connectivity index (χ1v) is 8.24. The van der Waals surface area contributed by atoms with Gasteiger partial charge in [0.05, 0.1) is 13.2 Å². The average molecular weight is 357 g/mol. The fraction of sp³-hybridized carbons (Fsp3) is 0.471. The minimum absolute atomic E-state index is 0.103. The van der Waals surface area contributed by atoms with Gasteiger partial charge in [0.1, 0.15) is 0 Å². The van der Waals surface area contributed by atoms with Gasteiger partial charge in [-0.05, 0) is 29.7 Å². The fourth-order valence-electron chi connectivity index (χ4n) is 2.88. The van der Waals surface area contributed by atoms with Gasteiger partial charge in [0.25, 0.3) is 11.8 Å². The van der Waals surface area contributed by atoms with Crippen LogP contribution in [-0.2, 0) is 16.1 Å². The van der Waals surface area contributed by atoms with Crippen molar-refractivity contribution in [2.75, 3.05) is 6.61 Å². The summed E-state index contributed by atoms with van der Waals surface area (Å²) in [5, 5.41) is 4.10. The van der Waals surface area contributed by atoms with Crippen molar-refractivity contribution >= 4 is 28.4 Å². The summed E-state index contributed by atoms with van der Waals surface area (Å²) in [5.74, 6) is -3.61. The third-order valence-electron chi connectivity index (χ3n) is 4.21. The second kappa shape index (κ2) is 6.33. The van der Waals surface area contributed by atoms with Crippen molar-refractivity contribution in [3.63, 3.8) is 0 Å². The molecule has 7 heteroatoms. The lowest BCUT2D eigenvalue weighted by molar-refractivity contribution is -0.144. The highest BCUT2D eigenvalue weighted by Crippen LogP contribution is 2.32. The van der Waals surface area contributed by atoms with Crippen molar-refractivity contribution in [3.8, 4) is 0 Å². The van der Waals surface area contributed by atoms with Crippen LogP contribution < -0.4 is 5.32 Å². The van der Waals surface area contributed by atoms with E-state index in [9.17, 15) is 13.6 Å².